The van der Waals surface area contributed by atoms with Gasteiger partial charge in [0, 0.05) is 48.8 Å². The number of hydrazine groups is 1. The second kappa shape index (κ2) is 13.9. The number of esters is 1. The molecule has 1 fully saturated rings. The number of ether oxygens (including phenoxy) is 2. The molecular weight excluding hydrogens is 526 g/mol. The summed E-state index contributed by atoms with van der Waals surface area (Å²) < 4.78 is 13.5. The predicted molar refractivity (Wildman–Crippen MR) is 169 cm³/mol. The van der Waals surface area contributed by atoms with Crippen LogP contribution in [0, 0.1) is 12.8 Å². The lowest BCUT2D eigenvalue weighted by atomic mass is 9.86. The van der Waals surface area contributed by atoms with Gasteiger partial charge in [0.15, 0.2) is 0 Å². The van der Waals surface area contributed by atoms with Crippen molar-refractivity contribution in [1.82, 2.24) is 14.6 Å². The lowest BCUT2D eigenvalue weighted by Gasteiger charge is -2.34. The Morgan fingerprint density at radius 2 is 1.90 bits per heavy atom. The van der Waals surface area contributed by atoms with Gasteiger partial charge in [-0.2, -0.15) is 0 Å². The number of allylic oxidation sites excluding steroid dienone is 3. The number of hydrogen-bond donors (Lipinski definition) is 2. The van der Waals surface area contributed by atoms with Crippen LogP contribution in [0.25, 0.3) is 17.0 Å². The van der Waals surface area contributed by atoms with Crippen molar-refractivity contribution in [3.8, 4) is 0 Å². The highest BCUT2D eigenvalue weighted by Crippen LogP contribution is 2.40. The van der Waals surface area contributed by atoms with Crippen LogP contribution >= 0.6 is 0 Å². The zero-order valence-corrected chi connectivity index (χ0v) is 25.8. The summed E-state index contributed by atoms with van der Waals surface area (Å²) in [5, 5.41) is 2.56. The van der Waals surface area contributed by atoms with Crippen molar-refractivity contribution in [2.24, 2.45) is 17.5 Å². The molecule has 4 N–H and O–H groups in total. The topological polar surface area (TPSA) is 109 Å². The molecule has 3 heterocycles. The van der Waals surface area contributed by atoms with Gasteiger partial charge in [0.1, 0.15) is 5.69 Å². The van der Waals surface area contributed by atoms with Gasteiger partial charge < -0.3 is 24.8 Å². The van der Waals surface area contributed by atoms with Gasteiger partial charge in [-0.1, -0.05) is 48.9 Å². The largest absolute Gasteiger partial charge is 0.461 e. The molecule has 0 aliphatic carbocycles. The first-order chi connectivity index (χ1) is 20.2. The molecule has 224 valence electrons. The molecule has 1 aromatic carbocycles. The Bertz CT molecular complexity index is 1490. The number of carbonyl (C=O) groups is 1. The van der Waals surface area contributed by atoms with E-state index in [1.54, 1.807) is 25.2 Å². The average molecular weight is 572 g/mol. The summed E-state index contributed by atoms with van der Waals surface area (Å²) in [4.78, 5) is 17.4. The van der Waals surface area contributed by atoms with E-state index in [1.165, 1.54) is 11.1 Å². The third kappa shape index (κ3) is 6.61. The fraction of sp³-hybridized carbons (Fsp3) is 0.412. The van der Waals surface area contributed by atoms with Gasteiger partial charge in [0.2, 0.25) is 0 Å². The van der Waals surface area contributed by atoms with Crippen molar-refractivity contribution in [3.05, 3.63) is 93.7 Å². The van der Waals surface area contributed by atoms with Gasteiger partial charge in [-0.3, -0.25) is 0 Å². The molecule has 0 saturated carbocycles. The second-order valence-corrected chi connectivity index (χ2v) is 11.1. The highest BCUT2D eigenvalue weighted by Gasteiger charge is 2.31. The summed E-state index contributed by atoms with van der Waals surface area (Å²) in [7, 11) is 1.81. The Morgan fingerprint density at radius 1 is 1.21 bits per heavy atom. The number of nitrogens with zero attached hydrogens (tertiary/aromatic N) is 3. The van der Waals surface area contributed by atoms with Crippen LogP contribution in [0.4, 0.5) is 0 Å². The number of pyridine rings is 1. The van der Waals surface area contributed by atoms with E-state index in [1.807, 2.05) is 19.1 Å². The monoisotopic (exact) mass is 571 g/mol. The molecule has 1 aliphatic rings. The number of hydrogen-bond acceptors (Lipinski definition) is 7. The normalized spacial score (nSPS) is 16.4. The van der Waals surface area contributed by atoms with Gasteiger partial charge >= 0.3 is 5.97 Å². The first-order valence-electron chi connectivity index (χ1n) is 14.8. The molecule has 1 aliphatic heterocycles. The van der Waals surface area contributed by atoms with Crippen LogP contribution in [0.1, 0.15) is 80.3 Å². The SMILES string of the molecule is CCOC(=O)c1cc2c(cn1)c(C)c(/C=C(\C=C(\C)CC)C(=C(\C)N)/N(C)N)n2C(c1ccccc1)C1CCOCC1. The number of likely N-dealkylation sites (N-methyl/N-ethyl adjacent to an activating group) is 1. The number of fused-ring (bicyclic) bond motifs is 1. The number of rotatable bonds is 10. The molecule has 3 aromatic rings. The number of nitrogens with two attached hydrogens (primary N) is 2. The van der Waals surface area contributed by atoms with E-state index in [2.05, 4.69) is 66.7 Å². The maximum Gasteiger partial charge on any atom is 0.356 e. The number of benzene rings is 1. The quantitative estimate of drug-likeness (QED) is 0.128. The lowest BCUT2D eigenvalue weighted by Crippen LogP contribution is -2.29. The summed E-state index contributed by atoms with van der Waals surface area (Å²) in [6.45, 7) is 11.7. The minimum Gasteiger partial charge on any atom is -0.461 e. The predicted octanol–water partition coefficient (Wildman–Crippen LogP) is 6.27. The smallest absolute Gasteiger partial charge is 0.356 e. The van der Waals surface area contributed by atoms with Gasteiger partial charge in [0.25, 0.3) is 0 Å². The molecule has 8 nitrogen and oxygen atoms in total. The zero-order valence-electron chi connectivity index (χ0n) is 25.8. The summed E-state index contributed by atoms with van der Waals surface area (Å²) in [5.41, 5.74) is 14.4. The van der Waals surface area contributed by atoms with Crippen molar-refractivity contribution in [2.45, 2.75) is 59.9 Å². The van der Waals surface area contributed by atoms with E-state index in [0.717, 1.165) is 52.7 Å². The van der Waals surface area contributed by atoms with Crippen molar-refractivity contribution in [3.63, 3.8) is 0 Å². The van der Waals surface area contributed by atoms with Crippen LogP contribution in [-0.4, -0.2) is 47.4 Å². The Balaban J connectivity index is 2.12. The molecule has 42 heavy (non-hydrogen) atoms. The van der Waals surface area contributed by atoms with E-state index in [0.29, 0.717) is 30.5 Å². The van der Waals surface area contributed by atoms with Crippen LogP contribution in [0.3, 0.4) is 0 Å². The van der Waals surface area contributed by atoms with Crippen LogP contribution < -0.4 is 11.6 Å². The minimum atomic E-state index is -0.430. The molecule has 4 rings (SSSR count). The molecular formula is C34H45N5O3. The number of aryl methyl sites for hydroxylation is 1. The molecule has 8 heteroatoms. The van der Waals surface area contributed by atoms with Crippen molar-refractivity contribution >= 4 is 22.9 Å². The Kier molecular flexibility index (Phi) is 10.2. The van der Waals surface area contributed by atoms with Crippen LogP contribution in [0.15, 0.2) is 71.2 Å². The molecule has 0 spiro atoms. The molecule has 1 unspecified atom stereocenters. The maximum atomic E-state index is 12.8. The first kappa shape index (κ1) is 31.1. The Morgan fingerprint density at radius 3 is 2.50 bits per heavy atom. The Hall–Kier alpha value is -3.88. The van der Waals surface area contributed by atoms with E-state index < -0.39 is 5.97 Å². The van der Waals surface area contributed by atoms with Crippen LogP contribution in [0.2, 0.25) is 0 Å². The van der Waals surface area contributed by atoms with Crippen molar-refractivity contribution in [1.29, 1.82) is 0 Å². The third-order valence-corrected chi connectivity index (χ3v) is 8.06. The summed E-state index contributed by atoms with van der Waals surface area (Å²) in [5.74, 6) is 6.24. The second-order valence-electron chi connectivity index (χ2n) is 11.1. The molecule has 2 aromatic heterocycles. The van der Waals surface area contributed by atoms with Gasteiger partial charge in [-0.15, -0.1) is 0 Å². The van der Waals surface area contributed by atoms with E-state index >= 15 is 0 Å². The first-order valence-corrected chi connectivity index (χ1v) is 14.8. The van der Waals surface area contributed by atoms with E-state index in [4.69, 9.17) is 21.1 Å². The van der Waals surface area contributed by atoms with Gasteiger partial charge in [0.05, 0.1) is 23.9 Å². The maximum absolute atomic E-state index is 12.8. The highest BCUT2D eigenvalue weighted by molar-refractivity contribution is 5.95. The fourth-order valence-electron chi connectivity index (χ4n) is 5.89. The number of aromatic nitrogens is 2. The molecule has 1 saturated heterocycles. The standard InChI is InChI=1S/C34H45N5O3/c1-7-22(3)18-27(32(24(5)35)38(6)36)19-30-23(4)28-21-37-29(34(40)42-8-2)20-31(28)39(30)33(25-12-10-9-11-13-25)26-14-16-41-17-15-26/h9-13,18-21,26,33H,7-8,14-17,35-36H2,1-6H3/b22-18-,27-19+,32-24-. The van der Waals surface area contributed by atoms with E-state index in [9.17, 15) is 4.79 Å². The Labute approximate surface area is 249 Å². The van der Waals surface area contributed by atoms with Gasteiger partial charge in [-0.05, 0) is 76.1 Å². The molecule has 0 amide bonds. The third-order valence-electron chi connectivity index (χ3n) is 8.06. The molecule has 0 bridgehead atoms. The van der Waals surface area contributed by atoms with E-state index in [-0.39, 0.29) is 12.6 Å². The average Bonchev–Trinajstić information content (AvgIpc) is 3.24. The summed E-state index contributed by atoms with van der Waals surface area (Å²) >= 11 is 0. The minimum absolute atomic E-state index is 0.00509. The lowest BCUT2D eigenvalue weighted by molar-refractivity contribution is 0.0519. The molecule has 0 radical (unpaired) electrons. The van der Waals surface area contributed by atoms with Crippen LogP contribution in [0.5, 0.6) is 0 Å². The summed E-state index contributed by atoms with van der Waals surface area (Å²) in [6, 6.07) is 12.5. The fourth-order valence-corrected chi connectivity index (χ4v) is 5.89. The zero-order chi connectivity index (χ0) is 30.4. The summed E-state index contributed by atoms with van der Waals surface area (Å²) in [6.07, 6.45) is 8.89. The highest BCUT2D eigenvalue weighted by atomic mass is 16.5. The van der Waals surface area contributed by atoms with Crippen molar-refractivity contribution < 1.29 is 14.3 Å². The number of carbonyl (C=O) groups excluding carboxylic acids is 1. The van der Waals surface area contributed by atoms with Gasteiger partial charge in [-0.25, -0.2) is 15.6 Å². The van der Waals surface area contributed by atoms with Crippen LogP contribution in [-0.2, 0) is 9.47 Å². The molecule has 1 atom stereocenters. The van der Waals surface area contributed by atoms with Crippen molar-refractivity contribution in [2.75, 3.05) is 26.9 Å².